The molecule has 0 radical (unpaired) electrons. The number of anilines is 2. The second-order valence-electron chi connectivity index (χ2n) is 7.05. The topological polar surface area (TPSA) is 75.7 Å². The summed E-state index contributed by atoms with van der Waals surface area (Å²) < 4.78 is 5.65. The number of rotatable bonds is 9. The first-order valence-electron chi connectivity index (χ1n) is 10.0. The number of nitrogens with one attached hydrogen (secondary N) is 1. The van der Waals surface area contributed by atoms with Crippen LogP contribution in [0.4, 0.5) is 11.4 Å². The van der Waals surface area contributed by atoms with Crippen molar-refractivity contribution in [3.63, 3.8) is 0 Å². The number of nitrogens with zero attached hydrogens (tertiary/aromatic N) is 1. The molecule has 2 amide bonds. The highest BCUT2D eigenvalue weighted by molar-refractivity contribution is 6.10. The molecule has 2 aromatic rings. The molecule has 0 fully saturated rings. The quantitative estimate of drug-likeness (QED) is 0.511. The SMILES string of the molecule is CCCCCOc1ccc(C(=O)CCC(=O)N2CC(=O)Nc3ccccc32)cc1. The second kappa shape index (κ2) is 9.87. The van der Waals surface area contributed by atoms with E-state index in [1.165, 1.54) is 4.90 Å². The van der Waals surface area contributed by atoms with Gasteiger partial charge in [0.1, 0.15) is 12.3 Å². The highest BCUT2D eigenvalue weighted by atomic mass is 16.5. The Morgan fingerprint density at radius 3 is 2.55 bits per heavy atom. The number of ketones is 1. The van der Waals surface area contributed by atoms with Crippen LogP contribution >= 0.6 is 0 Å². The zero-order valence-corrected chi connectivity index (χ0v) is 16.6. The van der Waals surface area contributed by atoms with Crippen LogP contribution in [0.5, 0.6) is 5.75 Å². The first-order chi connectivity index (χ1) is 14.1. The van der Waals surface area contributed by atoms with Crippen molar-refractivity contribution < 1.29 is 19.1 Å². The van der Waals surface area contributed by atoms with Crippen molar-refractivity contribution in [2.75, 3.05) is 23.4 Å². The van der Waals surface area contributed by atoms with Crippen LogP contribution in [0.1, 0.15) is 49.4 Å². The van der Waals surface area contributed by atoms with Crippen LogP contribution in [0, 0.1) is 0 Å². The lowest BCUT2D eigenvalue weighted by Crippen LogP contribution is -2.42. The summed E-state index contributed by atoms with van der Waals surface area (Å²) >= 11 is 0. The molecule has 152 valence electrons. The van der Waals surface area contributed by atoms with E-state index in [1.807, 2.05) is 6.07 Å². The van der Waals surface area contributed by atoms with E-state index >= 15 is 0 Å². The van der Waals surface area contributed by atoms with E-state index < -0.39 is 0 Å². The van der Waals surface area contributed by atoms with Gasteiger partial charge in [0, 0.05) is 18.4 Å². The number of ether oxygens (including phenoxy) is 1. The average molecular weight is 394 g/mol. The van der Waals surface area contributed by atoms with Crippen molar-refractivity contribution in [1.82, 2.24) is 0 Å². The minimum atomic E-state index is -0.239. The maximum atomic E-state index is 12.6. The molecular formula is C23H26N2O4. The number of unbranched alkanes of at least 4 members (excludes halogenated alkanes) is 2. The van der Waals surface area contributed by atoms with Gasteiger partial charge in [0.15, 0.2) is 5.78 Å². The summed E-state index contributed by atoms with van der Waals surface area (Å²) in [7, 11) is 0. The van der Waals surface area contributed by atoms with Gasteiger partial charge in [-0.1, -0.05) is 31.9 Å². The third-order valence-electron chi connectivity index (χ3n) is 4.83. The Hall–Kier alpha value is -3.15. The Kier molecular flexibility index (Phi) is 7.00. The Morgan fingerprint density at radius 1 is 1.03 bits per heavy atom. The van der Waals surface area contributed by atoms with E-state index in [4.69, 9.17) is 4.74 Å². The fourth-order valence-electron chi connectivity index (χ4n) is 3.23. The van der Waals surface area contributed by atoms with Gasteiger partial charge in [-0.05, 0) is 42.8 Å². The molecule has 1 aliphatic heterocycles. The Morgan fingerprint density at radius 2 is 1.79 bits per heavy atom. The number of fused-ring (bicyclic) bond motifs is 1. The Bertz CT molecular complexity index is 877. The van der Waals surface area contributed by atoms with E-state index in [0.29, 0.717) is 23.5 Å². The molecule has 3 rings (SSSR count). The molecule has 1 heterocycles. The normalized spacial score (nSPS) is 12.9. The second-order valence-corrected chi connectivity index (χ2v) is 7.05. The molecule has 0 bridgehead atoms. The minimum Gasteiger partial charge on any atom is -0.494 e. The molecule has 0 saturated heterocycles. The highest BCUT2D eigenvalue weighted by Crippen LogP contribution is 2.29. The molecule has 2 aromatic carbocycles. The lowest BCUT2D eigenvalue weighted by Gasteiger charge is -2.29. The number of hydrogen-bond acceptors (Lipinski definition) is 4. The predicted octanol–water partition coefficient (Wildman–Crippen LogP) is 4.20. The lowest BCUT2D eigenvalue weighted by atomic mass is 10.1. The van der Waals surface area contributed by atoms with Gasteiger partial charge in [-0.3, -0.25) is 14.4 Å². The van der Waals surface area contributed by atoms with Crippen molar-refractivity contribution >= 4 is 29.0 Å². The summed E-state index contributed by atoms with van der Waals surface area (Å²) in [5.74, 6) is 0.157. The van der Waals surface area contributed by atoms with Crippen LogP contribution in [-0.4, -0.2) is 30.7 Å². The third kappa shape index (κ3) is 5.44. The van der Waals surface area contributed by atoms with Gasteiger partial charge < -0.3 is 15.0 Å². The fraction of sp³-hybridized carbons (Fsp3) is 0.348. The maximum Gasteiger partial charge on any atom is 0.244 e. The molecular weight excluding hydrogens is 368 g/mol. The molecule has 0 aliphatic carbocycles. The average Bonchev–Trinajstić information content (AvgIpc) is 2.74. The maximum absolute atomic E-state index is 12.6. The predicted molar refractivity (Wildman–Crippen MR) is 112 cm³/mol. The fourth-order valence-corrected chi connectivity index (χ4v) is 3.23. The molecule has 6 nitrogen and oxygen atoms in total. The number of Topliss-reactive ketones (excluding diaryl/α,β-unsaturated/α-hetero) is 1. The molecule has 0 unspecified atom stereocenters. The van der Waals surface area contributed by atoms with Crippen molar-refractivity contribution in [2.45, 2.75) is 39.0 Å². The highest BCUT2D eigenvalue weighted by Gasteiger charge is 2.26. The monoisotopic (exact) mass is 394 g/mol. The van der Waals surface area contributed by atoms with Crippen molar-refractivity contribution in [3.05, 3.63) is 54.1 Å². The summed E-state index contributed by atoms with van der Waals surface area (Å²) in [6.45, 7) is 2.78. The van der Waals surface area contributed by atoms with Gasteiger partial charge in [0.2, 0.25) is 11.8 Å². The number of benzene rings is 2. The lowest BCUT2D eigenvalue weighted by molar-refractivity contribution is -0.121. The van der Waals surface area contributed by atoms with Gasteiger partial charge in [-0.2, -0.15) is 0 Å². The smallest absolute Gasteiger partial charge is 0.244 e. The molecule has 1 N–H and O–H groups in total. The molecule has 6 heteroatoms. The molecule has 0 aromatic heterocycles. The summed E-state index contributed by atoms with van der Waals surface area (Å²) in [5, 5.41) is 2.75. The standard InChI is InChI=1S/C23H26N2O4/c1-2-3-6-15-29-18-11-9-17(10-12-18)21(26)13-14-23(28)25-16-22(27)24-19-7-4-5-8-20(19)25/h4-5,7-12H,2-3,6,13-16H2,1H3,(H,24,27). The van der Waals surface area contributed by atoms with E-state index in [-0.39, 0.29) is 37.0 Å². The van der Waals surface area contributed by atoms with Crippen molar-refractivity contribution in [3.8, 4) is 5.75 Å². The van der Waals surface area contributed by atoms with Crippen LogP contribution in [0.15, 0.2) is 48.5 Å². The summed E-state index contributed by atoms with van der Waals surface area (Å²) in [4.78, 5) is 38.4. The largest absolute Gasteiger partial charge is 0.494 e. The van der Waals surface area contributed by atoms with E-state index in [2.05, 4.69) is 12.2 Å². The van der Waals surface area contributed by atoms with Crippen LogP contribution in [0.3, 0.4) is 0 Å². The zero-order chi connectivity index (χ0) is 20.6. The minimum absolute atomic E-state index is 0.0336. The van der Waals surface area contributed by atoms with Crippen LogP contribution < -0.4 is 15.0 Å². The first kappa shape index (κ1) is 20.6. The summed E-state index contributed by atoms with van der Waals surface area (Å²) in [6, 6.07) is 14.2. The molecule has 0 atom stereocenters. The summed E-state index contributed by atoms with van der Waals surface area (Å²) in [5.41, 5.74) is 1.82. The van der Waals surface area contributed by atoms with Gasteiger partial charge in [0.05, 0.1) is 18.0 Å². The van der Waals surface area contributed by atoms with Gasteiger partial charge in [0.25, 0.3) is 0 Å². The number of amides is 2. The third-order valence-corrected chi connectivity index (χ3v) is 4.83. The van der Waals surface area contributed by atoms with E-state index in [0.717, 1.165) is 25.0 Å². The van der Waals surface area contributed by atoms with Crippen LogP contribution in [0.2, 0.25) is 0 Å². The number of hydrogen-bond donors (Lipinski definition) is 1. The number of carbonyl (C=O) groups is 3. The van der Waals surface area contributed by atoms with Gasteiger partial charge in [-0.25, -0.2) is 0 Å². The molecule has 0 saturated carbocycles. The van der Waals surface area contributed by atoms with E-state index in [1.54, 1.807) is 42.5 Å². The van der Waals surface area contributed by atoms with E-state index in [9.17, 15) is 14.4 Å². The molecule has 29 heavy (non-hydrogen) atoms. The Balaban J connectivity index is 1.54. The van der Waals surface area contributed by atoms with Crippen molar-refractivity contribution in [1.29, 1.82) is 0 Å². The van der Waals surface area contributed by atoms with Crippen molar-refractivity contribution in [2.24, 2.45) is 0 Å². The van der Waals surface area contributed by atoms with Gasteiger partial charge >= 0.3 is 0 Å². The number of para-hydroxylation sites is 2. The van der Waals surface area contributed by atoms with Gasteiger partial charge in [-0.15, -0.1) is 0 Å². The zero-order valence-electron chi connectivity index (χ0n) is 16.6. The number of carbonyl (C=O) groups excluding carboxylic acids is 3. The molecule has 0 spiro atoms. The summed E-state index contributed by atoms with van der Waals surface area (Å²) in [6.07, 6.45) is 3.43. The molecule has 1 aliphatic rings. The van der Waals surface area contributed by atoms with Crippen LogP contribution in [-0.2, 0) is 9.59 Å². The first-order valence-corrected chi connectivity index (χ1v) is 10.0. The van der Waals surface area contributed by atoms with Crippen LogP contribution in [0.25, 0.3) is 0 Å². The Labute approximate surface area is 170 Å².